The van der Waals surface area contributed by atoms with Crippen molar-refractivity contribution in [3.8, 4) is 11.5 Å². The normalized spacial score (nSPS) is 10.3. The van der Waals surface area contributed by atoms with Crippen molar-refractivity contribution in [2.45, 2.75) is 19.9 Å². The van der Waals surface area contributed by atoms with Gasteiger partial charge < -0.3 is 14.8 Å². The lowest BCUT2D eigenvalue weighted by Gasteiger charge is -2.11. The van der Waals surface area contributed by atoms with Crippen LogP contribution in [0.15, 0.2) is 35.1 Å². The van der Waals surface area contributed by atoms with E-state index >= 15 is 0 Å². The fraction of sp³-hybridized carbons (Fsp3) is 0.333. The quantitative estimate of drug-likeness (QED) is 0.552. The van der Waals surface area contributed by atoms with Crippen molar-refractivity contribution in [1.29, 1.82) is 0 Å². The van der Waals surface area contributed by atoms with Crippen molar-refractivity contribution in [2.75, 3.05) is 20.8 Å². The smallest absolute Gasteiger partial charge is 0.288 e. The third-order valence-electron chi connectivity index (χ3n) is 4.11. The summed E-state index contributed by atoms with van der Waals surface area (Å²) in [6, 6.07) is 7.69. The van der Waals surface area contributed by atoms with Crippen LogP contribution in [0.1, 0.15) is 11.3 Å². The summed E-state index contributed by atoms with van der Waals surface area (Å²) in [4.78, 5) is 34.4. The predicted molar refractivity (Wildman–Crippen MR) is 98.4 cm³/mol. The van der Waals surface area contributed by atoms with E-state index < -0.39 is 16.4 Å². The molecular weight excluding hydrogens is 354 g/mol. The lowest BCUT2D eigenvalue weighted by molar-refractivity contribution is -0.386. The number of benzene rings is 1. The van der Waals surface area contributed by atoms with Gasteiger partial charge in [-0.15, -0.1) is 0 Å². The first kappa shape index (κ1) is 20.0. The number of ether oxygens (including phenoxy) is 2. The molecule has 0 atom stereocenters. The topological polar surface area (TPSA) is 113 Å². The standard InChI is InChI=1S/C18H21N3O6/c1-12-14(21(24)25)5-7-18(23)20(12)11-17(22)19-9-8-13-4-6-15(26-2)16(10-13)27-3/h4-7,10H,8-9,11H2,1-3H3,(H,19,22). The Balaban J connectivity index is 1.99. The maximum Gasteiger partial charge on any atom is 0.288 e. The largest absolute Gasteiger partial charge is 0.493 e. The predicted octanol–water partition coefficient (Wildman–Crippen LogP) is 1.44. The molecule has 0 spiro atoms. The van der Waals surface area contributed by atoms with Crippen LogP contribution in [-0.2, 0) is 17.8 Å². The highest BCUT2D eigenvalue weighted by molar-refractivity contribution is 5.75. The second-order valence-corrected chi connectivity index (χ2v) is 5.77. The maximum absolute atomic E-state index is 12.1. The fourth-order valence-corrected chi connectivity index (χ4v) is 2.64. The van der Waals surface area contributed by atoms with E-state index in [-0.39, 0.29) is 17.9 Å². The second kappa shape index (κ2) is 8.84. The summed E-state index contributed by atoms with van der Waals surface area (Å²) in [6.07, 6.45) is 0.551. The van der Waals surface area contributed by atoms with E-state index in [2.05, 4.69) is 5.32 Å². The molecule has 9 heteroatoms. The summed E-state index contributed by atoms with van der Waals surface area (Å²) in [6.45, 7) is 1.51. The number of nitro groups is 1. The summed E-state index contributed by atoms with van der Waals surface area (Å²) in [7, 11) is 3.10. The Morgan fingerprint density at radius 3 is 2.52 bits per heavy atom. The molecule has 2 rings (SSSR count). The van der Waals surface area contributed by atoms with E-state index in [4.69, 9.17) is 9.47 Å². The van der Waals surface area contributed by atoms with Gasteiger partial charge >= 0.3 is 0 Å². The van der Waals surface area contributed by atoms with Crippen LogP contribution in [0.25, 0.3) is 0 Å². The van der Waals surface area contributed by atoms with Crippen LogP contribution in [0.4, 0.5) is 5.69 Å². The van der Waals surface area contributed by atoms with Crippen LogP contribution < -0.4 is 20.3 Å². The molecule has 27 heavy (non-hydrogen) atoms. The van der Waals surface area contributed by atoms with Crippen LogP contribution in [0.2, 0.25) is 0 Å². The molecule has 0 aliphatic carbocycles. The number of pyridine rings is 1. The molecule has 1 heterocycles. The lowest BCUT2D eigenvalue weighted by atomic mass is 10.1. The minimum absolute atomic E-state index is 0.141. The summed E-state index contributed by atoms with van der Waals surface area (Å²) in [5.74, 6) is 0.812. The third kappa shape index (κ3) is 4.84. The molecule has 1 N–H and O–H groups in total. The van der Waals surface area contributed by atoms with Gasteiger partial charge in [-0.3, -0.25) is 24.3 Å². The lowest BCUT2D eigenvalue weighted by Crippen LogP contribution is -2.34. The Labute approximate surface area is 155 Å². The van der Waals surface area contributed by atoms with Gasteiger partial charge in [0.15, 0.2) is 11.5 Å². The minimum Gasteiger partial charge on any atom is -0.493 e. The Bertz CT molecular complexity index is 906. The van der Waals surface area contributed by atoms with Crippen LogP contribution in [0.3, 0.4) is 0 Å². The molecule has 1 aromatic carbocycles. The Hall–Kier alpha value is -3.36. The maximum atomic E-state index is 12.1. The van der Waals surface area contributed by atoms with Gasteiger partial charge in [-0.05, 0) is 31.0 Å². The van der Waals surface area contributed by atoms with Gasteiger partial charge in [0, 0.05) is 18.7 Å². The van der Waals surface area contributed by atoms with Gasteiger partial charge in [-0.1, -0.05) is 6.07 Å². The first-order valence-corrected chi connectivity index (χ1v) is 8.19. The van der Waals surface area contributed by atoms with E-state index in [1.165, 1.54) is 6.92 Å². The number of nitrogens with zero attached hydrogens (tertiary/aromatic N) is 2. The van der Waals surface area contributed by atoms with E-state index in [9.17, 15) is 19.7 Å². The van der Waals surface area contributed by atoms with Crippen molar-refractivity contribution >= 4 is 11.6 Å². The van der Waals surface area contributed by atoms with E-state index in [0.717, 1.165) is 22.3 Å². The van der Waals surface area contributed by atoms with Gasteiger partial charge in [0.1, 0.15) is 6.54 Å². The zero-order valence-electron chi connectivity index (χ0n) is 15.4. The number of methoxy groups -OCH3 is 2. The number of carbonyl (C=O) groups excluding carboxylic acids is 1. The number of aromatic nitrogens is 1. The molecule has 0 saturated heterocycles. The van der Waals surface area contributed by atoms with E-state index in [0.29, 0.717) is 24.5 Å². The van der Waals surface area contributed by atoms with Gasteiger partial charge in [-0.2, -0.15) is 0 Å². The average Bonchev–Trinajstić information content (AvgIpc) is 2.64. The fourth-order valence-electron chi connectivity index (χ4n) is 2.64. The molecule has 0 unspecified atom stereocenters. The molecule has 9 nitrogen and oxygen atoms in total. The van der Waals surface area contributed by atoms with Crippen LogP contribution in [0, 0.1) is 17.0 Å². The number of hydrogen-bond acceptors (Lipinski definition) is 6. The van der Waals surface area contributed by atoms with Crippen molar-refractivity contribution < 1.29 is 19.2 Å². The van der Waals surface area contributed by atoms with Crippen molar-refractivity contribution in [2.24, 2.45) is 0 Å². The zero-order valence-corrected chi connectivity index (χ0v) is 15.4. The van der Waals surface area contributed by atoms with Crippen molar-refractivity contribution in [3.05, 3.63) is 62.1 Å². The van der Waals surface area contributed by atoms with Crippen molar-refractivity contribution in [1.82, 2.24) is 9.88 Å². The highest BCUT2D eigenvalue weighted by Crippen LogP contribution is 2.27. The highest BCUT2D eigenvalue weighted by Gasteiger charge is 2.16. The molecule has 0 bridgehead atoms. The molecule has 2 aromatic rings. The molecule has 0 saturated carbocycles. The van der Waals surface area contributed by atoms with Crippen molar-refractivity contribution in [3.63, 3.8) is 0 Å². The van der Waals surface area contributed by atoms with Gasteiger partial charge in [-0.25, -0.2) is 0 Å². The molecule has 0 aliphatic rings. The molecule has 1 aromatic heterocycles. The molecule has 1 amide bonds. The highest BCUT2D eigenvalue weighted by atomic mass is 16.6. The number of carbonyl (C=O) groups is 1. The van der Waals surface area contributed by atoms with Crippen LogP contribution in [-0.4, -0.2) is 36.2 Å². The van der Waals surface area contributed by atoms with Crippen LogP contribution in [0.5, 0.6) is 11.5 Å². The zero-order chi connectivity index (χ0) is 20.0. The molecular formula is C18H21N3O6. The Morgan fingerprint density at radius 1 is 1.19 bits per heavy atom. The molecule has 0 fully saturated rings. The van der Waals surface area contributed by atoms with E-state index in [1.54, 1.807) is 20.3 Å². The molecule has 0 radical (unpaired) electrons. The van der Waals surface area contributed by atoms with E-state index in [1.807, 2.05) is 12.1 Å². The van der Waals surface area contributed by atoms with Gasteiger partial charge in [0.2, 0.25) is 5.91 Å². The Kier molecular flexibility index (Phi) is 6.53. The molecule has 144 valence electrons. The number of rotatable bonds is 8. The van der Waals surface area contributed by atoms with Gasteiger partial charge in [0.05, 0.1) is 24.8 Å². The summed E-state index contributed by atoms with van der Waals surface area (Å²) < 4.78 is 11.5. The minimum atomic E-state index is -0.583. The first-order valence-electron chi connectivity index (χ1n) is 8.19. The number of amides is 1. The number of nitrogens with one attached hydrogen (secondary N) is 1. The summed E-state index contributed by atoms with van der Waals surface area (Å²) >= 11 is 0. The first-order chi connectivity index (χ1) is 12.9. The monoisotopic (exact) mass is 375 g/mol. The Morgan fingerprint density at radius 2 is 1.89 bits per heavy atom. The summed E-state index contributed by atoms with van der Waals surface area (Å²) in [5.41, 5.74) is 0.417. The van der Waals surface area contributed by atoms with Crippen LogP contribution >= 0.6 is 0 Å². The summed E-state index contributed by atoms with van der Waals surface area (Å²) in [5, 5.41) is 13.7. The molecule has 0 aliphatic heterocycles. The number of hydrogen-bond donors (Lipinski definition) is 1. The average molecular weight is 375 g/mol. The third-order valence-corrected chi connectivity index (χ3v) is 4.11. The SMILES string of the molecule is COc1ccc(CCNC(=O)Cn2c(C)c([N+](=O)[O-])ccc2=O)cc1OC. The van der Waals surface area contributed by atoms with Gasteiger partial charge in [0.25, 0.3) is 11.2 Å². The second-order valence-electron chi connectivity index (χ2n) is 5.77.